The average molecular weight is 351 g/mol. The van der Waals surface area contributed by atoms with Gasteiger partial charge in [0.15, 0.2) is 0 Å². The van der Waals surface area contributed by atoms with E-state index in [1.165, 1.54) is 6.07 Å². The van der Waals surface area contributed by atoms with Crippen molar-refractivity contribution in [2.24, 2.45) is 0 Å². The third-order valence-electron chi connectivity index (χ3n) is 3.08. The molecule has 2 aromatic carbocycles. The molecule has 0 fully saturated rings. The molecule has 2 rings (SSSR count). The molecule has 5 nitrogen and oxygen atoms in total. The molecule has 0 bridgehead atoms. The third-order valence-corrected chi connectivity index (χ3v) is 3.57. The maximum atomic E-state index is 11.0. The third kappa shape index (κ3) is 4.27. The van der Waals surface area contributed by atoms with Crippen LogP contribution in [-0.2, 0) is 13.0 Å². The summed E-state index contributed by atoms with van der Waals surface area (Å²) in [7, 11) is 0. The van der Waals surface area contributed by atoms with Crippen molar-refractivity contribution in [1.29, 1.82) is 0 Å². The van der Waals surface area contributed by atoms with Crippen molar-refractivity contribution in [1.82, 2.24) is 0 Å². The number of nitro groups is 1. The SMILES string of the molecule is O=[N+]([O-])c1ccc(Br)cc1CNc1ccc(CCO)cc1. The zero-order chi connectivity index (χ0) is 15.2. The molecule has 2 N–H and O–H groups in total. The van der Waals surface area contributed by atoms with Gasteiger partial charge in [0.1, 0.15) is 0 Å². The van der Waals surface area contributed by atoms with E-state index in [1.54, 1.807) is 12.1 Å². The van der Waals surface area contributed by atoms with E-state index >= 15 is 0 Å². The van der Waals surface area contributed by atoms with Crippen LogP contribution in [0.25, 0.3) is 0 Å². The summed E-state index contributed by atoms with van der Waals surface area (Å²) in [4.78, 5) is 10.6. The Hall–Kier alpha value is -1.92. The highest BCUT2D eigenvalue weighted by Crippen LogP contribution is 2.24. The number of benzene rings is 2. The van der Waals surface area contributed by atoms with E-state index in [9.17, 15) is 10.1 Å². The highest BCUT2D eigenvalue weighted by atomic mass is 79.9. The van der Waals surface area contributed by atoms with Gasteiger partial charge in [-0.25, -0.2) is 0 Å². The van der Waals surface area contributed by atoms with Gasteiger partial charge < -0.3 is 10.4 Å². The molecule has 2 aromatic rings. The number of hydrogen-bond acceptors (Lipinski definition) is 4. The van der Waals surface area contributed by atoms with Crippen molar-refractivity contribution in [3.05, 3.63) is 68.2 Å². The minimum Gasteiger partial charge on any atom is -0.396 e. The largest absolute Gasteiger partial charge is 0.396 e. The van der Waals surface area contributed by atoms with Crippen LogP contribution in [0, 0.1) is 10.1 Å². The standard InChI is InChI=1S/C15H15BrN2O3/c16-13-3-6-15(18(20)21)12(9-13)10-17-14-4-1-11(2-5-14)7-8-19/h1-6,9,17,19H,7-8,10H2. The predicted octanol–water partition coefficient (Wildman–Crippen LogP) is 3.50. The molecule has 0 spiro atoms. The van der Waals surface area contributed by atoms with Gasteiger partial charge in [-0.05, 0) is 36.2 Å². The minimum absolute atomic E-state index is 0.0996. The topological polar surface area (TPSA) is 75.4 Å². The summed E-state index contributed by atoms with van der Waals surface area (Å²) in [5.74, 6) is 0. The van der Waals surface area contributed by atoms with Gasteiger partial charge in [0.25, 0.3) is 5.69 Å². The van der Waals surface area contributed by atoms with E-state index in [1.807, 2.05) is 24.3 Å². The van der Waals surface area contributed by atoms with Gasteiger partial charge in [0.05, 0.1) is 4.92 Å². The van der Waals surface area contributed by atoms with E-state index in [4.69, 9.17) is 5.11 Å². The lowest BCUT2D eigenvalue weighted by atomic mass is 10.1. The second-order valence-electron chi connectivity index (χ2n) is 4.55. The highest BCUT2D eigenvalue weighted by molar-refractivity contribution is 9.10. The first kappa shape index (κ1) is 15.5. The molecular formula is C15H15BrN2O3. The molecule has 0 aliphatic heterocycles. The number of halogens is 1. The molecule has 0 amide bonds. The first-order chi connectivity index (χ1) is 10.1. The average Bonchev–Trinajstić information content (AvgIpc) is 2.46. The molecule has 0 heterocycles. The Labute approximate surface area is 130 Å². The second kappa shape index (κ2) is 7.19. The number of aliphatic hydroxyl groups is 1. The number of nitrogens with zero attached hydrogens (tertiary/aromatic N) is 1. The van der Waals surface area contributed by atoms with Gasteiger partial charge in [0, 0.05) is 34.9 Å². The van der Waals surface area contributed by atoms with E-state index in [0.29, 0.717) is 18.5 Å². The molecule has 0 aliphatic rings. The number of nitrogens with one attached hydrogen (secondary N) is 1. The molecular weight excluding hydrogens is 336 g/mol. The van der Waals surface area contributed by atoms with Crippen LogP contribution in [0.5, 0.6) is 0 Å². The van der Waals surface area contributed by atoms with E-state index in [0.717, 1.165) is 15.7 Å². The van der Waals surface area contributed by atoms with Gasteiger partial charge in [-0.3, -0.25) is 10.1 Å². The van der Waals surface area contributed by atoms with Crippen LogP contribution in [0.2, 0.25) is 0 Å². The lowest BCUT2D eigenvalue weighted by Gasteiger charge is -2.08. The Morgan fingerprint density at radius 1 is 1.19 bits per heavy atom. The zero-order valence-corrected chi connectivity index (χ0v) is 12.8. The van der Waals surface area contributed by atoms with Crippen molar-refractivity contribution in [3.8, 4) is 0 Å². The van der Waals surface area contributed by atoms with Crippen molar-refractivity contribution < 1.29 is 10.0 Å². The first-order valence-corrected chi connectivity index (χ1v) is 7.26. The minimum atomic E-state index is -0.381. The fourth-order valence-electron chi connectivity index (χ4n) is 1.99. The van der Waals surface area contributed by atoms with Crippen LogP contribution >= 0.6 is 15.9 Å². The van der Waals surface area contributed by atoms with Crippen LogP contribution in [0.1, 0.15) is 11.1 Å². The van der Waals surface area contributed by atoms with Crippen molar-refractivity contribution in [2.75, 3.05) is 11.9 Å². The Balaban J connectivity index is 2.08. The maximum absolute atomic E-state index is 11.0. The summed E-state index contributed by atoms with van der Waals surface area (Å²) in [5, 5.41) is 23.0. The van der Waals surface area contributed by atoms with Gasteiger partial charge in [-0.15, -0.1) is 0 Å². The fourth-order valence-corrected chi connectivity index (χ4v) is 2.40. The summed E-state index contributed by atoms with van der Waals surface area (Å²) < 4.78 is 0.809. The summed E-state index contributed by atoms with van der Waals surface area (Å²) in [6.07, 6.45) is 0.622. The number of aliphatic hydroxyl groups excluding tert-OH is 1. The molecule has 0 saturated heterocycles. The van der Waals surface area contributed by atoms with Crippen molar-refractivity contribution in [3.63, 3.8) is 0 Å². The van der Waals surface area contributed by atoms with Gasteiger partial charge in [0.2, 0.25) is 0 Å². The van der Waals surface area contributed by atoms with Crippen LogP contribution in [0.15, 0.2) is 46.9 Å². The zero-order valence-electron chi connectivity index (χ0n) is 11.3. The number of hydrogen-bond donors (Lipinski definition) is 2. The van der Waals surface area contributed by atoms with E-state index in [2.05, 4.69) is 21.2 Å². The number of anilines is 1. The monoisotopic (exact) mass is 350 g/mol. The molecule has 0 aliphatic carbocycles. The summed E-state index contributed by atoms with van der Waals surface area (Å²) in [6.45, 7) is 0.492. The summed E-state index contributed by atoms with van der Waals surface area (Å²) >= 11 is 3.32. The van der Waals surface area contributed by atoms with Gasteiger partial charge in [-0.2, -0.15) is 0 Å². The molecule has 0 radical (unpaired) electrons. The highest BCUT2D eigenvalue weighted by Gasteiger charge is 2.13. The Morgan fingerprint density at radius 3 is 2.52 bits per heavy atom. The molecule has 0 atom stereocenters. The van der Waals surface area contributed by atoms with Gasteiger partial charge in [-0.1, -0.05) is 28.1 Å². The quantitative estimate of drug-likeness (QED) is 0.617. The Morgan fingerprint density at radius 2 is 1.90 bits per heavy atom. The van der Waals surface area contributed by atoms with Gasteiger partial charge >= 0.3 is 0 Å². The second-order valence-corrected chi connectivity index (χ2v) is 5.47. The Kier molecular flexibility index (Phi) is 5.30. The first-order valence-electron chi connectivity index (χ1n) is 6.46. The van der Waals surface area contributed by atoms with Crippen LogP contribution in [0.3, 0.4) is 0 Å². The van der Waals surface area contributed by atoms with Crippen LogP contribution in [-0.4, -0.2) is 16.6 Å². The summed E-state index contributed by atoms with van der Waals surface area (Å²) in [6, 6.07) is 12.5. The van der Waals surface area contributed by atoms with Crippen LogP contribution in [0.4, 0.5) is 11.4 Å². The lowest BCUT2D eigenvalue weighted by Crippen LogP contribution is -2.03. The molecule has 21 heavy (non-hydrogen) atoms. The summed E-state index contributed by atoms with van der Waals surface area (Å²) in [5.41, 5.74) is 2.65. The molecule has 0 aromatic heterocycles. The molecule has 0 saturated carbocycles. The number of nitro benzene ring substituents is 1. The molecule has 0 unspecified atom stereocenters. The van der Waals surface area contributed by atoms with E-state index in [-0.39, 0.29) is 17.2 Å². The molecule has 110 valence electrons. The normalized spacial score (nSPS) is 10.4. The van der Waals surface area contributed by atoms with Crippen LogP contribution < -0.4 is 5.32 Å². The smallest absolute Gasteiger partial charge is 0.274 e. The molecule has 6 heteroatoms. The fraction of sp³-hybridized carbons (Fsp3) is 0.200. The lowest BCUT2D eigenvalue weighted by molar-refractivity contribution is -0.385. The number of rotatable bonds is 6. The Bertz CT molecular complexity index is 629. The van der Waals surface area contributed by atoms with Crippen molar-refractivity contribution >= 4 is 27.3 Å². The van der Waals surface area contributed by atoms with E-state index < -0.39 is 0 Å². The van der Waals surface area contributed by atoms with Crippen molar-refractivity contribution in [2.45, 2.75) is 13.0 Å². The maximum Gasteiger partial charge on any atom is 0.274 e. The predicted molar refractivity (Wildman–Crippen MR) is 85.4 cm³/mol.